The lowest BCUT2D eigenvalue weighted by molar-refractivity contribution is -0.123. The van der Waals surface area contributed by atoms with Crippen molar-refractivity contribution < 1.29 is 18.4 Å². The minimum atomic E-state index is -0.325. The Balaban J connectivity index is 1.76. The Labute approximate surface area is 204 Å². The molecule has 2 unspecified atom stereocenters. The molecule has 4 rings (SSSR count). The van der Waals surface area contributed by atoms with Crippen LogP contribution in [-0.2, 0) is 9.59 Å². The molecular weight excluding hydrogens is 540 g/mol. The molecule has 2 aromatic heterocycles. The first-order chi connectivity index (χ1) is 15.3. The van der Waals surface area contributed by atoms with E-state index in [1.165, 1.54) is 0 Å². The summed E-state index contributed by atoms with van der Waals surface area (Å²) in [4.78, 5) is 28.4. The zero-order valence-electron chi connectivity index (χ0n) is 18.3. The first-order valence-electron chi connectivity index (χ1n) is 11.0. The SMILES string of the molecule is CCC(C)CCC(CC)CN1C(=O)C2=C(c3ccc(Br)o3)NC(=O)C2=C1c1ccc(Br)o1. The maximum atomic E-state index is 13.7. The number of carbonyl (C=O) groups excluding carboxylic acids is 2. The van der Waals surface area contributed by atoms with Crippen LogP contribution >= 0.6 is 31.9 Å². The number of carbonyl (C=O) groups is 2. The molecule has 32 heavy (non-hydrogen) atoms. The average Bonchev–Trinajstić information content (AvgIpc) is 3.52. The van der Waals surface area contributed by atoms with E-state index in [1.54, 1.807) is 29.2 Å². The number of nitrogens with one attached hydrogen (secondary N) is 1. The Morgan fingerprint density at radius 2 is 1.59 bits per heavy atom. The Kier molecular flexibility index (Phi) is 6.81. The third-order valence-corrected chi connectivity index (χ3v) is 7.19. The van der Waals surface area contributed by atoms with Crippen LogP contribution in [0.1, 0.15) is 58.0 Å². The van der Waals surface area contributed by atoms with Crippen LogP contribution in [0.4, 0.5) is 0 Å². The minimum Gasteiger partial charge on any atom is -0.448 e. The van der Waals surface area contributed by atoms with Crippen LogP contribution in [0.25, 0.3) is 11.4 Å². The van der Waals surface area contributed by atoms with Crippen molar-refractivity contribution in [3.05, 3.63) is 56.3 Å². The van der Waals surface area contributed by atoms with E-state index < -0.39 is 0 Å². The fourth-order valence-electron chi connectivity index (χ4n) is 4.20. The number of hydrogen-bond acceptors (Lipinski definition) is 4. The number of amides is 2. The van der Waals surface area contributed by atoms with Gasteiger partial charge in [-0.15, -0.1) is 0 Å². The van der Waals surface area contributed by atoms with Crippen LogP contribution in [0.3, 0.4) is 0 Å². The highest BCUT2D eigenvalue weighted by atomic mass is 79.9. The van der Waals surface area contributed by atoms with Crippen molar-refractivity contribution in [2.75, 3.05) is 6.54 Å². The number of furan rings is 2. The van der Waals surface area contributed by atoms with E-state index in [0.29, 0.717) is 61.8 Å². The quantitative estimate of drug-likeness (QED) is 0.384. The summed E-state index contributed by atoms with van der Waals surface area (Å²) < 4.78 is 12.5. The molecule has 0 aromatic carbocycles. The molecule has 0 bridgehead atoms. The lowest BCUT2D eigenvalue weighted by Gasteiger charge is -2.26. The Morgan fingerprint density at radius 1 is 0.938 bits per heavy atom. The highest BCUT2D eigenvalue weighted by molar-refractivity contribution is 9.10. The van der Waals surface area contributed by atoms with Gasteiger partial charge in [0.15, 0.2) is 20.9 Å². The van der Waals surface area contributed by atoms with E-state index in [4.69, 9.17) is 8.83 Å². The summed E-state index contributed by atoms with van der Waals surface area (Å²) in [5, 5.41) is 2.83. The highest BCUT2D eigenvalue weighted by Gasteiger charge is 2.47. The predicted octanol–water partition coefficient (Wildman–Crippen LogP) is 6.34. The number of fused-ring (bicyclic) bond motifs is 1. The summed E-state index contributed by atoms with van der Waals surface area (Å²) in [5.41, 5.74) is 1.61. The van der Waals surface area contributed by atoms with Gasteiger partial charge < -0.3 is 19.1 Å². The zero-order chi connectivity index (χ0) is 23.0. The van der Waals surface area contributed by atoms with Gasteiger partial charge in [-0.1, -0.05) is 40.0 Å². The van der Waals surface area contributed by atoms with Gasteiger partial charge in [-0.3, -0.25) is 9.59 Å². The van der Waals surface area contributed by atoms with E-state index in [2.05, 4.69) is 57.9 Å². The lowest BCUT2D eigenvalue weighted by Crippen LogP contribution is -2.32. The fourth-order valence-corrected chi connectivity index (χ4v) is 4.81. The summed E-state index contributed by atoms with van der Waals surface area (Å²) in [6.07, 6.45) is 4.24. The molecule has 1 N–H and O–H groups in total. The predicted molar refractivity (Wildman–Crippen MR) is 129 cm³/mol. The van der Waals surface area contributed by atoms with Crippen molar-refractivity contribution in [2.45, 2.75) is 46.5 Å². The molecule has 0 saturated carbocycles. The first kappa shape index (κ1) is 23.1. The second kappa shape index (κ2) is 9.43. The van der Waals surface area contributed by atoms with Crippen LogP contribution < -0.4 is 5.32 Å². The minimum absolute atomic E-state index is 0.203. The smallest absolute Gasteiger partial charge is 0.261 e. The molecule has 0 saturated heterocycles. The van der Waals surface area contributed by atoms with E-state index in [9.17, 15) is 9.59 Å². The molecule has 0 aliphatic carbocycles. The maximum absolute atomic E-state index is 13.7. The van der Waals surface area contributed by atoms with Crippen LogP contribution in [0.2, 0.25) is 0 Å². The monoisotopic (exact) mass is 564 g/mol. The molecule has 2 aliphatic heterocycles. The summed E-state index contributed by atoms with van der Waals surface area (Å²) in [5.74, 6) is 1.37. The van der Waals surface area contributed by atoms with Crippen molar-refractivity contribution in [1.82, 2.24) is 10.2 Å². The normalized spacial score (nSPS) is 18.0. The molecule has 0 spiro atoms. The maximum Gasteiger partial charge on any atom is 0.261 e. The first-order valence-corrected chi connectivity index (χ1v) is 12.6. The third kappa shape index (κ3) is 4.27. The van der Waals surface area contributed by atoms with E-state index >= 15 is 0 Å². The number of hydrogen-bond donors (Lipinski definition) is 1. The molecule has 2 atom stereocenters. The molecule has 170 valence electrons. The number of rotatable bonds is 9. The van der Waals surface area contributed by atoms with Gasteiger partial charge in [0.1, 0.15) is 5.70 Å². The topological polar surface area (TPSA) is 75.7 Å². The largest absolute Gasteiger partial charge is 0.448 e. The van der Waals surface area contributed by atoms with Gasteiger partial charge in [-0.2, -0.15) is 0 Å². The van der Waals surface area contributed by atoms with E-state index in [1.807, 2.05) is 0 Å². The fraction of sp³-hybridized carbons (Fsp3) is 0.417. The van der Waals surface area contributed by atoms with Gasteiger partial charge >= 0.3 is 0 Å². The van der Waals surface area contributed by atoms with Crippen molar-refractivity contribution in [3.8, 4) is 0 Å². The van der Waals surface area contributed by atoms with Crippen molar-refractivity contribution >= 4 is 55.1 Å². The summed E-state index contributed by atoms with van der Waals surface area (Å²) in [6, 6.07) is 7.02. The molecule has 6 nitrogen and oxygen atoms in total. The van der Waals surface area contributed by atoms with Gasteiger partial charge in [0.05, 0.1) is 16.8 Å². The zero-order valence-corrected chi connectivity index (χ0v) is 21.5. The van der Waals surface area contributed by atoms with Crippen LogP contribution in [-0.4, -0.2) is 23.3 Å². The number of halogens is 2. The Bertz CT molecular complexity index is 1110. The summed E-state index contributed by atoms with van der Waals surface area (Å²) in [6.45, 7) is 7.15. The van der Waals surface area contributed by atoms with Gasteiger partial charge in [0, 0.05) is 6.54 Å². The van der Waals surface area contributed by atoms with Crippen LogP contribution in [0.15, 0.2) is 53.6 Å². The third-order valence-electron chi connectivity index (χ3n) is 6.34. The molecule has 2 aromatic rings. The van der Waals surface area contributed by atoms with Crippen molar-refractivity contribution in [1.29, 1.82) is 0 Å². The molecule has 2 aliphatic rings. The van der Waals surface area contributed by atoms with Crippen molar-refractivity contribution in [2.24, 2.45) is 11.8 Å². The molecule has 0 fully saturated rings. The molecular formula is C24H26Br2N2O4. The van der Waals surface area contributed by atoms with Gasteiger partial charge in [0.2, 0.25) is 0 Å². The average molecular weight is 566 g/mol. The van der Waals surface area contributed by atoms with Crippen LogP contribution in [0, 0.1) is 11.8 Å². The van der Waals surface area contributed by atoms with Crippen LogP contribution in [0.5, 0.6) is 0 Å². The molecule has 0 radical (unpaired) electrons. The second-order valence-electron chi connectivity index (χ2n) is 8.42. The van der Waals surface area contributed by atoms with Crippen molar-refractivity contribution in [3.63, 3.8) is 0 Å². The Hall–Kier alpha value is -2.06. The highest BCUT2D eigenvalue weighted by Crippen LogP contribution is 2.44. The van der Waals surface area contributed by atoms with E-state index in [0.717, 1.165) is 25.7 Å². The molecule has 2 amide bonds. The lowest BCUT2D eigenvalue weighted by atomic mass is 9.93. The summed E-state index contributed by atoms with van der Waals surface area (Å²) >= 11 is 6.63. The standard InChI is InChI=1S/C24H26Br2N2O4/c1-4-13(3)6-7-14(5-2)12-28-22(16-9-11-18(26)32-16)20-19(24(28)30)21(27-23(20)29)15-8-10-17(25)31-15/h8-11,13-14H,4-7,12H2,1-3H3,(H,27,29). The Morgan fingerprint density at radius 3 is 2.16 bits per heavy atom. The molecule has 8 heteroatoms. The van der Waals surface area contributed by atoms with Gasteiger partial charge in [-0.25, -0.2) is 0 Å². The second-order valence-corrected chi connectivity index (χ2v) is 9.98. The summed E-state index contributed by atoms with van der Waals surface area (Å²) in [7, 11) is 0. The molecule has 4 heterocycles. The van der Waals surface area contributed by atoms with Gasteiger partial charge in [0.25, 0.3) is 11.8 Å². The number of nitrogens with zero attached hydrogens (tertiary/aromatic N) is 1. The van der Waals surface area contributed by atoms with E-state index in [-0.39, 0.29) is 11.8 Å². The van der Waals surface area contributed by atoms with Gasteiger partial charge in [-0.05, 0) is 74.4 Å².